The van der Waals surface area contributed by atoms with Crippen molar-refractivity contribution in [2.45, 2.75) is 19.9 Å². The number of carbonyl (C=O) groups excluding carboxylic acids is 1. The molecule has 1 amide bonds. The van der Waals surface area contributed by atoms with Crippen molar-refractivity contribution in [3.8, 4) is 5.75 Å². The van der Waals surface area contributed by atoms with E-state index in [-0.39, 0.29) is 12.5 Å². The van der Waals surface area contributed by atoms with Gasteiger partial charge in [-0.3, -0.25) is 9.10 Å². The van der Waals surface area contributed by atoms with E-state index in [0.717, 1.165) is 24.0 Å². The molecule has 0 fully saturated rings. The van der Waals surface area contributed by atoms with Crippen LogP contribution in [0.3, 0.4) is 0 Å². The number of sulfonamides is 1. The van der Waals surface area contributed by atoms with Gasteiger partial charge in [-0.05, 0) is 41.8 Å². The van der Waals surface area contributed by atoms with E-state index < -0.39 is 10.0 Å². The minimum Gasteiger partial charge on any atom is -0.492 e. The van der Waals surface area contributed by atoms with Gasteiger partial charge >= 0.3 is 0 Å². The number of amides is 1. The minimum atomic E-state index is -3.61. The number of hydrogen-bond donors (Lipinski definition) is 1. The van der Waals surface area contributed by atoms with Gasteiger partial charge in [0.2, 0.25) is 10.0 Å². The van der Waals surface area contributed by atoms with E-state index in [1.165, 1.54) is 9.87 Å². The molecule has 0 bridgehead atoms. The Balaban J connectivity index is 1.68. The van der Waals surface area contributed by atoms with Gasteiger partial charge in [-0.1, -0.05) is 61.5 Å². The molecule has 1 N–H and O–H groups in total. The van der Waals surface area contributed by atoms with Crippen LogP contribution in [-0.4, -0.2) is 33.7 Å². The number of aryl methyl sites for hydroxylation is 1. The molecule has 0 aromatic heterocycles. The summed E-state index contributed by atoms with van der Waals surface area (Å²) >= 11 is 0. The molecule has 3 aromatic carbocycles. The zero-order chi connectivity index (χ0) is 23.0. The van der Waals surface area contributed by atoms with Crippen LogP contribution in [0.1, 0.15) is 28.4 Å². The smallest absolute Gasteiger partial charge is 0.253 e. The molecule has 0 aliphatic heterocycles. The van der Waals surface area contributed by atoms with Crippen molar-refractivity contribution < 1.29 is 17.9 Å². The lowest BCUT2D eigenvalue weighted by Gasteiger charge is -2.24. The van der Waals surface area contributed by atoms with Crippen LogP contribution < -0.4 is 14.4 Å². The first-order chi connectivity index (χ1) is 15.4. The molecule has 0 heterocycles. The second kappa shape index (κ2) is 10.8. The third-order valence-electron chi connectivity index (χ3n) is 4.97. The third-order valence-corrected chi connectivity index (χ3v) is 6.10. The number of benzene rings is 3. The zero-order valence-electron chi connectivity index (χ0n) is 18.3. The van der Waals surface area contributed by atoms with Gasteiger partial charge in [-0.2, -0.15) is 0 Å². The maximum absolute atomic E-state index is 12.9. The second-order valence-electron chi connectivity index (χ2n) is 7.37. The van der Waals surface area contributed by atoms with Gasteiger partial charge < -0.3 is 10.1 Å². The molecule has 6 nitrogen and oxygen atoms in total. The Morgan fingerprint density at radius 1 is 0.906 bits per heavy atom. The lowest BCUT2D eigenvalue weighted by Crippen LogP contribution is -2.33. The molecule has 0 spiro atoms. The molecular formula is C25H28N2O4S. The van der Waals surface area contributed by atoms with E-state index in [4.69, 9.17) is 4.74 Å². The minimum absolute atomic E-state index is 0.140. The number of hydrogen-bond acceptors (Lipinski definition) is 4. The largest absolute Gasteiger partial charge is 0.492 e. The number of rotatable bonds is 10. The lowest BCUT2D eigenvalue weighted by molar-refractivity contribution is 0.0947. The average molecular weight is 453 g/mol. The monoisotopic (exact) mass is 452 g/mol. The first-order valence-corrected chi connectivity index (χ1v) is 12.3. The molecular weight excluding hydrogens is 424 g/mol. The van der Waals surface area contributed by atoms with Crippen molar-refractivity contribution in [1.29, 1.82) is 0 Å². The maximum atomic E-state index is 12.9. The summed E-state index contributed by atoms with van der Waals surface area (Å²) in [5.74, 6) is 0.384. The highest BCUT2D eigenvalue weighted by Gasteiger charge is 2.23. The van der Waals surface area contributed by atoms with Gasteiger partial charge in [0.25, 0.3) is 5.91 Å². The van der Waals surface area contributed by atoms with Gasteiger partial charge in [0.15, 0.2) is 0 Å². The number of nitrogens with zero attached hydrogens (tertiary/aromatic N) is 1. The Hall–Kier alpha value is -3.32. The highest BCUT2D eigenvalue weighted by atomic mass is 32.2. The van der Waals surface area contributed by atoms with Crippen molar-refractivity contribution in [2.24, 2.45) is 0 Å². The molecule has 0 radical (unpaired) electrons. The van der Waals surface area contributed by atoms with E-state index in [9.17, 15) is 13.2 Å². The fourth-order valence-electron chi connectivity index (χ4n) is 3.26. The Bertz CT molecular complexity index is 1130. The normalized spacial score (nSPS) is 11.1. The van der Waals surface area contributed by atoms with Crippen LogP contribution in [-0.2, 0) is 23.0 Å². The van der Waals surface area contributed by atoms with Crippen molar-refractivity contribution in [1.82, 2.24) is 5.32 Å². The summed E-state index contributed by atoms with van der Waals surface area (Å²) in [5, 5.41) is 2.82. The predicted octanol–water partition coefficient (Wildman–Crippen LogP) is 4.02. The molecule has 0 unspecified atom stereocenters. The number of carbonyl (C=O) groups is 1. The Kier molecular flexibility index (Phi) is 7.89. The zero-order valence-corrected chi connectivity index (χ0v) is 19.1. The fourth-order valence-corrected chi connectivity index (χ4v) is 4.16. The summed E-state index contributed by atoms with van der Waals surface area (Å²) in [7, 11) is -3.61. The average Bonchev–Trinajstić information content (AvgIpc) is 2.80. The van der Waals surface area contributed by atoms with Crippen LogP contribution in [0.5, 0.6) is 5.75 Å². The summed E-state index contributed by atoms with van der Waals surface area (Å²) in [6.07, 6.45) is 2.10. The van der Waals surface area contributed by atoms with Crippen molar-refractivity contribution in [3.05, 3.63) is 95.6 Å². The molecule has 168 valence electrons. The van der Waals surface area contributed by atoms with Gasteiger partial charge in [-0.25, -0.2) is 8.42 Å². The first-order valence-electron chi connectivity index (χ1n) is 10.5. The third kappa shape index (κ3) is 6.34. The highest BCUT2D eigenvalue weighted by Crippen LogP contribution is 2.25. The van der Waals surface area contributed by atoms with Gasteiger partial charge in [-0.15, -0.1) is 0 Å². The summed E-state index contributed by atoms with van der Waals surface area (Å²) < 4.78 is 32.0. The van der Waals surface area contributed by atoms with Crippen LogP contribution in [0.15, 0.2) is 78.9 Å². The maximum Gasteiger partial charge on any atom is 0.253 e. The number of ether oxygens (including phenoxy) is 1. The molecule has 0 aliphatic carbocycles. The summed E-state index contributed by atoms with van der Waals surface area (Å²) in [5.41, 5.74) is 2.69. The van der Waals surface area contributed by atoms with Crippen LogP contribution in [0.2, 0.25) is 0 Å². The summed E-state index contributed by atoms with van der Waals surface area (Å²) in [6.45, 7) is 2.83. The van der Waals surface area contributed by atoms with Crippen LogP contribution in [0.25, 0.3) is 0 Å². The van der Waals surface area contributed by atoms with Crippen molar-refractivity contribution in [3.63, 3.8) is 0 Å². The van der Waals surface area contributed by atoms with E-state index >= 15 is 0 Å². The molecule has 32 heavy (non-hydrogen) atoms. The Morgan fingerprint density at radius 2 is 1.56 bits per heavy atom. The van der Waals surface area contributed by atoms with Gasteiger partial charge in [0.1, 0.15) is 12.4 Å². The van der Waals surface area contributed by atoms with Crippen LogP contribution >= 0.6 is 0 Å². The van der Waals surface area contributed by atoms with E-state index in [2.05, 4.69) is 12.2 Å². The van der Waals surface area contributed by atoms with E-state index in [1.807, 2.05) is 54.6 Å². The molecule has 3 rings (SSSR count). The first kappa shape index (κ1) is 23.3. The molecule has 0 saturated carbocycles. The summed E-state index contributed by atoms with van der Waals surface area (Å²) in [4.78, 5) is 12.9. The Labute approximate surface area is 189 Å². The molecule has 7 heteroatoms. The van der Waals surface area contributed by atoms with E-state index in [1.54, 1.807) is 24.3 Å². The molecule has 0 saturated heterocycles. The SMILES string of the molecule is CCc1ccc(OCCNC(=O)c2ccccc2N(Cc2ccccc2)S(C)(=O)=O)cc1. The number of anilines is 1. The standard InChI is InChI=1S/C25H28N2O4S/c1-3-20-13-15-22(16-14-20)31-18-17-26-25(28)23-11-7-8-12-24(23)27(32(2,29)30)19-21-9-5-4-6-10-21/h4-16H,3,17-19H2,1-2H3,(H,26,28). The molecule has 0 atom stereocenters. The Morgan fingerprint density at radius 3 is 2.22 bits per heavy atom. The number of nitrogens with one attached hydrogen (secondary N) is 1. The number of para-hydroxylation sites is 1. The molecule has 0 aliphatic rings. The topological polar surface area (TPSA) is 75.7 Å². The predicted molar refractivity (Wildman–Crippen MR) is 128 cm³/mol. The second-order valence-corrected chi connectivity index (χ2v) is 9.28. The highest BCUT2D eigenvalue weighted by molar-refractivity contribution is 7.92. The molecule has 3 aromatic rings. The summed E-state index contributed by atoms with van der Waals surface area (Å²) in [6, 6.07) is 23.8. The van der Waals surface area contributed by atoms with Crippen molar-refractivity contribution >= 4 is 21.6 Å². The fraction of sp³-hybridized carbons (Fsp3) is 0.240. The van der Waals surface area contributed by atoms with Gasteiger partial charge in [0, 0.05) is 0 Å². The van der Waals surface area contributed by atoms with Crippen LogP contribution in [0.4, 0.5) is 5.69 Å². The van der Waals surface area contributed by atoms with Crippen LogP contribution in [0, 0.1) is 0 Å². The quantitative estimate of drug-likeness (QED) is 0.472. The van der Waals surface area contributed by atoms with Crippen molar-refractivity contribution in [2.75, 3.05) is 23.7 Å². The lowest BCUT2D eigenvalue weighted by atomic mass is 10.1. The van der Waals surface area contributed by atoms with Gasteiger partial charge in [0.05, 0.1) is 30.6 Å². The van der Waals surface area contributed by atoms with E-state index in [0.29, 0.717) is 24.4 Å².